The third kappa shape index (κ3) is 3.44. The summed E-state index contributed by atoms with van der Waals surface area (Å²) < 4.78 is 12.4. The van der Waals surface area contributed by atoms with E-state index in [9.17, 15) is 4.79 Å². The summed E-state index contributed by atoms with van der Waals surface area (Å²) in [6.07, 6.45) is 13.1. The predicted octanol–water partition coefficient (Wildman–Crippen LogP) is 8.06. The van der Waals surface area contributed by atoms with Crippen LogP contribution >= 0.6 is 0 Å². The van der Waals surface area contributed by atoms with Gasteiger partial charge in [-0.05, 0) is 5.92 Å². The van der Waals surface area contributed by atoms with Crippen LogP contribution < -0.4 is 0 Å². The van der Waals surface area contributed by atoms with Crippen LogP contribution in [0.2, 0.25) is 8.36 Å². The molecule has 4 fully saturated rings. The van der Waals surface area contributed by atoms with Crippen LogP contribution in [0.3, 0.4) is 0 Å². The van der Waals surface area contributed by atoms with E-state index in [1.807, 2.05) is 0 Å². The molecular weight excluding hydrogens is 553 g/mol. The molecule has 4 rings (SSSR count). The van der Waals surface area contributed by atoms with Gasteiger partial charge < -0.3 is 0 Å². The zero-order valence-electron chi connectivity index (χ0n) is 21.9. The Kier molecular flexibility index (Phi) is 6.54. The Bertz CT molecular complexity index is 678. The molecule has 9 atom stereocenters. The molecule has 168 valence electrons. The molecule has 2 heteroatoms. The summed E-state index contributed by atoms with van der Waals surface area (Å²) in [5.41, 5.74) is 0.344. The second kappa shape index (κ2) is 8.75. The molecule has 4 aliphatic carbocycles. The van der Waals surface area contributed by atoms with E-state index in [-0.39, 0.29) is 17.1 Å². The molecule has 0 radical (unpaired) electrons. The molecule has 1 nitrogen and oxygen atoms in total. The maximum absolute atomic E-state index is 13.1. The monoisotopic (exact) mass is 603 g/mol. The van der Waals surface area contributed by atoms with Gasteiger partial charge in [0.25, 0.3) is 0 Å². The minimum atomic E-state index is -0.812. The van der Waals surface area contributed by atoms with Crippen molar-refractivity contribution < 1.29 is 30.7 Å². The average Bonchev–Trinajstić information content (AvgIpc) is 3.27. The molecule has 0 aromatic carbocycles. The second-order valence-electron chi connectivity index (χ2n) is 13.1. The van der Waals surface area contributed by atoms with Gasteiger partial charge in [-0.2, -0.15) is 0 Å². The van der Waals surface area contributed by atoms with E-state index < -0.39 is 24.6 Å². The quantitative estimate of drug-likeness (QED) is 0.203. The Balaban J connectivity index is 1.57. The molecular formula is C28H48HgO. The van der Waals surface area contributed by atoms with E-state index >= 15 is 0 Å². The van der Waals surface area contributed by atoms with Crippen molar-refractivity contribution in [3.8, 4) is 0 Å². The SMILES string of the molecule is [2H]C(=O)[C@]12C[C@H]3[C@@H]4CC[C@H]([C@H](C)CCCC(C)C)[C@@]4(C)CC[C@@H]3[C@@]1(C)CC[C@@H]2[CH2][Hg][CH3]. The first-order valence-corrected chi connectivity index (χ1v) is 23.0. The van der Waals surface area contributed by atoms with Crippen LogP contribution in [0.25, 0.3) is 0 Å². The van der Waals surface area contributed by atoms with Gasteiger partial charge in [0.1, 0.15) is 0 Å². The van der Waals surface area contributed by atoms with Crippen molar-refractivity contribution in [3.63, 3.8) is 0 Å². The number of carbonyl (C=O) groups is 1. The van der Waals surface area contributed by atoms with Crippen LogP contribution in [0.1, 0.15) is 100 Å². The fraction of sp³-hybridized carbons (Fsp3) is 0.964. The zero-order valence-corrected chi connectivity index (χ0v) is 26.4. The van der Waals surface area contributed by atoms with Gasteiger partial charge in [-0.3, -0.25) is 0 Å². The van der Waals surface area contributed by atoms with E-state index in [2.05, 4.69) is 39.1 Å². The Morgan fingerprint density at radius 2 is 1.83 bits per heavy atom. The first-order valence-electron chi connectivity index (χ1n) is 14.1. The molecule has 30 heavy (non-hydrogen) atoms. The molecule has 0 N–H and O–H groups in total. The van der Waals surface area contributed by atoms with E-state index in [1.165, 1.54) is 61.7 Å². The summed E-state index contributed by atoms with van der Waals surface area (Å²) in [6.45, 7) is 12.4. The Labute approximate surface area is 201 Å². The summed E-state index contributed by atoms with van der Waals surface area (Å²) in [6, 6.07) is 0. The third-order valence-corrected chi connectivity index (χ3v) is 16.5. The van der Waals surface area contributed by atoms with Crippen molar-refractivity contribution in [2.24, 2.45) is 57.7 Å². The summed E-state index contributed by atoms with van der Waals surface area (Å²) in [7, 11) is 0. The molecule has 0 aliphatic heterocycles. The van der Waals surface area contributed by atoms with Crippen LogP contribution in [0.4, 0.5) is 0 Å². The van der Waals surface area contributed by atoms with Crippen molar-refractivity contribution in [1.82, 2.24) is 0 Å². The van der Waals surface area contributed by atoms with E-state index in [4.69, 9.17) is 1.37 Å². The molecule has 4 saturated carbocycles. The molecule has 0 bridgehead atoms. The number of fused-ring (bicyclic) bond motifs is 5. The second-order valence-corrected chi connectivity index (χ2v) is 19.3. The zero-order chi connectivity index (χ0) is 22.6. The summed E-state index contributed by atoms with van der Waals surface area (Å²) in [5, 5.41) is 0. The standard InChI is InChI=1S/C27H45O.CH3.Hg/c1-18(2)8-7-9-19(3)22-10-11-23-21-16-27(17-28)20(4)12-15-26(27,6)24(21)13-14-25(22,23)5;;/h17-24H,4,7-16H2,1-3,5-6H3;1H3;/t19-,20+,21+,22-,23+,24+,25-,26-,27+;;/m1../s1/i17D;;. The van der Waals surface area contributed by atoms with Gasteiger partial charge >= 0.3 is 182 Å². The van der Waals surface area contributed by atoms with Gasteiger partial charge in [-0.15, -0.1) is 0 Å². The van der Waals surface area contributed by atoms with Gasteiger partial charge in [0.2, 0.25) is 0 Å². The van der Waals surface area contributed by atoms with Crippen molar-refractivity contribution >= 4 is 6.26 Å². The molecule has 0 saturated heterocycles. The van der Waals surface area contributed by atoms with Gasteiger partial charge in [0.15, 0.2) is 0 Å². The first-order chi connectivity index (χ1) is 14.6. The molecule has 0 unspecified atom stereocenters. The van der Waals surface area contributed by atoms with Crippen molar-refractivity contribution in [1.29, 1.82) is 0 Å². The summed E-state index contributed by atoms with van der Waals surface area (Å²) >= 11 is -0.812. The predicted molar refractivity (Wildman–Crippen MR) is 123 cm³/mol. The van der Waals surface area contributed by atoms with E-state index in [1.54, 1.807) is 0 Å². The molecule has 0 spiro atoms. The maximum atomic E-state index is 13.1. The third-order valence-electron chi connectivity index (χ3n) is 11.6. The number of hydrogen-bond donors (Lipinski definition) is 0. The van der Waals surface area contributed by atoms with E-state index in [0.717, 1.165) is 36.0 Å². The molecule has 0 heterocycles. The number of carbonyl (C=O) groups excluding carboxylic acids is 1. The Morgan fingerprint density at radius 1 is 1.07 bits per heavy atom. The fourth-order valence-electron chi connectivity index (χ4n) is 10.1. The van der Waals surface area contributed by atoms with Crippen molar-refractivity contribution in [2.45, 2.75) is 107 Å². The fourth-order valence-corrected chi connectivity index (χ4v) is 15.8. The number of rotatable bonds is 8. The van der Waals surface area contributed by atoms with E-state index in [0.29, 0.717) is 17.3 Å². The molecule has 0 aromatic heterocycles. The van der Waals surface area contributed by atoms with Gasteiger partial charge in [-0.25, -0.2) is 0 Å². The first kappa shape index (κ1) is 22.4. The topological polar surface area (TPSA) is 17.1 Å². The normalized spacial score (nSPS) is 48.6. The van der Waals surface area contributed by atoms with Crippen LogP contribution in [-0.4, -0.2) is 6.26 Å². The Morgan fingerprint density at radius 3 is 2.50 bits per heavy atom. The molecule has 0 aromatic rings. The minimum absolute atomic E-state index is 0.131. The van der Waals surface area contributed by atoms with Crippen molar-refractivity contribution in [3.05, 3.63) is 0 Å². The van der Waals surface area contributed by atoms with Gasteiger partial charge in [0.05, 0.1) is 0 Å². The van der Waals surface area contributed by atoms with Gasteiger partial charge in [0, 0.05) is 0 Å². The molecule has 4 aliphatic rings. The van der Waals surface area contributed by atoms with Crippen LogP contribution in [0.15, 0.2) is 0 Å². The molecule has 0 amide bonds. The summed E-state index contributed by atoms with van der Waals surface area (Å²) in [4.78, 5) is 13.1. The van der Waals surface area contributed by atoms with Gasteiger partial charge in [-0.1, -0.05) is 13.8 Å². The van der Waals surface area contributed by atoms with Crippen LogP contribution in [0, 0.1) is 57.7 Å². The number of aldehydes is 1. The summed E-state index contributed by atoms with van der Waals surface area (Å²) in [5.74, 6) is 5.37. The van der Waals surface area contributed by atoms with Crippen LogP contribution in [-0.2, 0) is 29.4 Å². The van der Waals surface area contributed by atoms with Crippen LogP contribution in [0.5, 0.6) is 0 Å². The van der Waals surface area contributed by atoms with Crippen molar-refractivity contribution in [2.75, 3.05) is 0 Å². The Hall–Kier alpha value is 0.605. The average molecular weight is 602 g/mol. The number of hydrogen-bond acceptors (Lipinski definition) is 1.